The van der Waals surface area contributed by atoms with E-state index in [1.54, 1.807) is 23.0 Å². The summed E-state index contributed by atoms with van der Waals surface area (Å²) in [6, 6.07) is 13.0. The van der Waals surface area contributed by atoms with E-state index in [0.29, 0.717) is 5.69 Å². The Labute approximate surface area is 103 Å². The summed E-state index contributed by atoms with van der Waals surface area (Å²) in [4.78, 5) is 4.16. The Balaban J connectivity index is 2.10. The normalized spacial score (nSPS) is 10.4. The topological polar surface area (TPSA) is 63.8 Å². The first-order chi connectivity index (χ1) is 8.84. The molecule has 18 heavy (non-hydrogen) atoms. The van der Waals surface area contributed by atoms with Gasteiger partial charge in [0.25, 0.3) is 0 Å². The molecule has 2 aromatic heterocycles. The third kappa shape index (κ3) is 1.82. The van der Waals surface area contributed by atoms with Crippen molar-refractivity contribution < 1.29 is 5.11 Å². The molecule has 0 aliphatic carbocycles. The van der Waals surface area contributed by atoms with Crippen LogP contribution in [-0.2, 0) is 0 Å². The average molecular weight is 238 g/mol. The van der Waals surface area contributed by atoms with E-state index in [-0.39, 0.29) is 5.75 Å². The van der Waals surface area contributed by atoms with Crippen LogP contribution in [0.25, 0.3) is 17.1 Å². The van der Waals surface area contributed by atoms with E-state index in [2.05, 4.69) is 15.3 Å². The van der Waals surface area contributed by atoms with E-state index < -0.39 is 0 Å². The smallest absolute Gasteiger partial charge is 0.133 e. The molecule has 3 rings (SSSR count). The maximum absolute atomic E-state index is 9.24. The van der Waals surface area contributed by atoms with E-state index in [4.69, 9.17) is 0 Å². The Morgan fingerprint density at radius 3 is 2.50 bits per heavy atom. The molecule has 5 heteroatoms. The largest absolute Gasteiger partial charge is 0.506 e. The van der Waals surface area contributed by atoms with E-state index in [9.17, 15) is 5.11 Å². The summed E-state index contributed by atoms with van der Waals surface area (Å²) < 4.78 is 1.71. The zero-order valence-corrected chi connectivity index (χ0v) is 9.43. The lowest BCUT2D eigenvalue weighted by molar-refractivity contribution is 0.473. The molecular formula is C13H10N4O. The first-order valence-electron chi connectivity index (χ1n) is 5.46. The Hall–Kier alpha value is -2.69. The predicted molar refractivity (Wildman–Crippen MR) is 66.3 cm³/mol. The van der Waals surface area contributed by atoms with Gasteiger partial charge < -0.3 is 5.11 Å². The van der Waals surface area contributed by atoms with E-state index in [0.717, 1.165) is 11.4 Å². The molecule has 0 spiro atoms. The van der Waals surface area contributed by atoms with Crippen molar-refractivity contribution in [1.82, 2.24) is 20.0 Å². The highest BCUT2D eigenvalue weighted by atomic mass is 16.3. The summed E-state index contributed by atoms with van der Waals surface area (Å²) in [6.07, 6.45) is 3.05. The summed E-state index contributed by atoms with van der Waals surface area (Å²) >= 11 is 0. The lowest BCUT2D eigenvalue weighted by Crippen LogP contribution is -1.99. The molecule has 0 bridgehead atoms. The fraction of sp³-hybridized carbons (Fsp3) is 0. The Bertz CT molecular complexity index is 646. The van der Waals surface area contributed by atoms with Crippen molar-refractivity contribution in [3.8, 4) is 22.8 Å². The zero-order chi connectivity index (χ0) is 12.4. The molecule has 1 aromatic carbocycles. The van der Waals surface area contributed by atoms with Crippen LogP contribution in [0.2, 0.25) is 0 Å². The Morgan fingerprint density at radius 2 is 1.78 bits per heavy atom. The van der Waals surface area contributed by atoms with Gasteiger partial charge in [0.2, 0.25) is 0 Å². The summed E-state index contributed by atoms with van der Waals surface area (Å²) in [7, 11) is 0. The number of pyridine rings is 1. The molecule has 0 atom stereocenters. The fourth-order valence-corrected chi connectivity index (χ4v) is 1.71. The minimum atomic E-state index is 0.137. The van der Waals surface area contributed by atoms with Crippen molar-refractivity contribution >= 4 is 0 Å². The maximum Gasteiger partial charge on any atom is 0.133 e. The standard InChI is InChI=1S/C13H10N4O/c18-11-6-7-12(14-8-11)13-9-15-16-17(13)10-4-2-1-3-5-10/h1-9,18H. The van der Waals surface area contributed by atoms with Crippen LogP contribution < -0.4 is 0 Å². The molecule has 0 saturated heterocycles. The molecule has 1 N–H and O–H groups in total. The SMILES string of the molecule is Oc1ccc(-c2cnnn2-c2ccccc2)nc1. The molecule has 2 heterocycles. The van der Waals surface area contributed by atoms with Crippen LogP contribution in [0, 0.1) is 0 Å². The van der Waals surface area contributed by atoms with Gasteiger partial charge in [-0.15, -0.1) is 5.10 Å². The van der Waals surface area contributed by atoms with Gasteiger partial charge in [-0.3, -0.25) is 4.98 Å². The van der Waals surface area contributed by atoms with Crippen molar-refractivity contribution in [2.24, 2.45) is 0 Å². The Morgan fingerprint density at radius 1 is 0.944 bits per heavy atom. The maximum atomic E-state index is 9.24. The van der Waals surface area contributed by atoms with Crippen LogP contribution in [0.4, 0.5) is 0 Å². The van der Waals surface area contributed by atoms with Gasteiger partial charge in [0.1, 0.15) is 11.4 Å². The van der Waals surface area contributed by atoms with Gasteiger partial charge in [-0.25, -0.2) is 4.68 Å². The van der Waals surface area contributed by atoms with Crippen molar-refractivity contribution in [2.45, 2.75) is 0 Å². The minimum Gasteiger partial charge on any atom is -0.506 e. The summed E-state index contributed by atoms with van der Waals surface area (Å²) in [6.45, 7) is 0. The van der Waals surface area contributed by atoms with Crippen molar-refractivity contribution in [3.63, 3.8) is 0 Å². The summed E-state index contributed by atoms with van der Waals surface area (Å²) in [5.74, 6) is 0.137. The second-order valence-electron chi connectivity index (χ2n) is 3.77. The number of aromatic hydroxyl groups is 1. The highest BCUT2D eigenvalue weighted by Crippen LogP contribution is 2.20. The number of nitrogens with zero attached hydrogens (tertiary/aromatic N) is 4. The average Bonchev–Trinajstić information content (AvgIpc) is 2.90. The molecule has 0 saturated carbocycles. The second kappa shape index (κ2) is 4.29. The highest BCUT2D eigenvalue weighted by molar-refractivity contribution is 5.56. The first kappa shape index (κ1) is 10.5. The van der Waals surface area contributed by atoms with Crippen LogP contribution in [0.1, 0.15) is 0 Å². The quantitative estimate of drug-likeness (QED) is 0.742. The van der Waals surface area contributed by atoms with Crippen molar-refractivity contribution in [1.29, 1.82) is 0 Å². The highest BCUT2D eigenvalue weighted by Gasteiger charge is 2.09. The van der Waals surface area contributed by atoms with Crippen LogP contribution in [0.5, 0.6) is 5.75 Å². The number of benzene rings is 1. The van der Waals surface area contributed by atoms with Crippen LogP contribution >= 0.6 is 0 Å². The van der Waals surface area contributed by atoms with Gasteiger partial charge in [-0.2, -0.15) is 0 Å². The van der Waals surface area contributed by atoms with Gasteiger partial charge >= 0.3 is 0 Å². The number of hydrogen-bond donors (Lipinski definition) is 1. The van der Waals surface area contributed by atoms with Crippen molar-refractivity contribution in [3.05, 3.63) is 54.9 Å². The predicted octanol–water partition coefficient (Wildman–Crippen LogP) is 2.03. The molecule has 0 amide bonds. The van der Waals surface area contributed by atoms with Crippen LogP contribution in [-0.4, -0.2) is 25.1 Å². The first-order valence-corrected chi connectivity index (χ1v) is 5.46. The van der Waals surface area contributed by atoms with E-state index >= 15 is 0 Å². The van der Waals surface area contributed by atoms with Crippen LogP contribution in [0.15, 0.2) is 54.9 Å². The third-order valence-corrected chi connectivity index (χ3v) is 2.56. The summed E-state index contributed by atoms with van der Waals surface area (Å²) in [5, 5.41) is 17.2. The van der Waals surface area contributed by atoms with Crippen molar-refractivity contribution in [2.75, 3.05) is 0 Å². The molecule has 0 fully saturated rings. The number of rotatable bonds is 2. The molecular weight excluding hydrogens is 228 g/mol. The van der Waals surface area contributed by atoms with Gasteiger partial charge in [0.05, 0.1) is 23.8 Å². The van der Waals surface area contributed by atoms with E-state index in [1.807, 2.05) is 30.3 Å². The van der Waals surface area contributed by atoms with Crippen LogP contribution in [0.3, 0.4) is 0 Å². The monoisotopic (exact) mass is 238 g/mol. The third-order valence-electron chi connectivity index (χ3n) is 2.56. The summed E-state index contributed by atoms with van der Waals surface area (Å²) in [5.41, 5.74) is 2.41. The van der Waals surface area contributed by atoms with Gasteiger partial charge in [-0.1, -0.05) is 23.4 Å². The lowest BCUT2D eigenvalue weighted by Gasteiger charge is -2.05. The lowest BCUT2D eigenvalue weighted by atomic mass is 10.2. The number of para-hydroxylation sites is 1. The van der Waals surface area contributed by atoms with E-state index in [1.165, 1.54) is 6.20 Å². The molecule has 0 aliphatic rings. The second-order valence-corrected chi connectivity index (χ2v) is 3.77. The van der Waals surface area contributed by atoms with Gasteiger partial charge in [-0.05, 0) is 24.3 Å². The molecule has 0 aliphatic heterocycles. The molecule has 3 aromatic rings. The molecule has 5 nitrogen and oxygen atoms in total. The molecule has 0 radical (unpaired) electrons. The fourth-order valence-electron chi connectivity index (χ4n) is 1.71. The number of hydrogen-bond acceptors (Lipinski definition) is 4. The van der Waals surface area contributed by atoms with Gasteiger partial charge in [0, 0.05) is 0 Å². The number of aromatic nitrogens is 4. The molecule has 88 valence electrons. The molecule has 0 unspecified atom stereocenters. The zero-order valence-electron chi connectivity index (χ0n) is 9.43. The van der Waals surface area contributed by atoms with Gasteiger partial charge in [0.15, 0.2) is 0 Å². The Kier molecular flexibility index (Phi) is 2.49. The minimum absolute atomic E-state index is 0.137.